The Bertz CT molecular complexity index is 437. The molecule has 23 heavy (non-hydrogen) atoms. The predicted octanol–water partition coefficient (Wildman–Crippen LogP) is 5.75. The Labute approximate surface area is 141 Å². The zero-order chi connectivity index (χ0) is 16.7. The molecule has 2 heteroatoms. The molecule has 0 unspecified atom stereocenters. The van der Waals surface area contributed by atoms with Gasteiger partial charge >= 0.3 is 0 Å². The van der Waals surface area contributed by atoms with Gasteiger partial charge in [0.05, 0.1) is 6.10 Å². The summed E-state index contributed by atoms with van der Waals surface area (Å²) in [7, 11) is 0. The van der Waals surface area contributed by atoms with Gasteiger partial charge in [-0.15, -0.1) is 0 Å². The van der Waals surface area contributed by atoms with Crippen molar-refractivity contribution in [2.75, 3.05) is 0 Å². The zero-order valence-electron chi connectivity index (χ0n) is 14.8. The third-order valence-electron chi connectivity index (χ3n) is 5.63. The molecule has 2 nitrogen and oxygen atoms in total. The van der Waals surface area contributed by atoms with Gasteiger partial charge < -0.3 is 9.53 Å². The highest BCUT2D eigenvalue weighted by Crippen LogP contribution is 2.36. The van der Waals surface area contributed by atoms with Crippen molar-refractivity contribution in [2.45, 2.75) is 77.2 Å². The van der Waals surface area contributed by atoms with Crippen molar-refractivity contribution in [3.63, 3.8) is 0 Å². The van der Waals surface area contributed by atoms with E-state index in [4.69, 9.17) is 9.53 Å². The van der Waals surface area contributed by atoms with Crippen molar-refractivity contribution in [2.24, 2.45) is 11.8 Å². The van der Waals surface area contributed by atoms with Crippen LogP contribution in [0.15, 0.2) is 24.3 Å². The number of carbonyl (C=O) groups is 1. The average molecular weight is 316 g/mol. The van der Waals surface area contributed by atoms with Crippen LogP contribution in [0.1, 0.15) is 76.7 Å². The first-order chi connectivity index (χ1) is 11.2. The number of hydrogen-bond donors (Lipinski definition) is 0. The Morgan fingerprint density at radius 2 is 1.26 bits per heavy atom. The SMILES string of the molecule is C=O.CC1CCC(Oc2ccc(C3CCC(C)CC3)cc2)CC1. The monoisotopic (exact) mass is 316 g/mol. The molecule has 0 radical (unpaired) electrons. The Hall–Kier alpha value is -1.31. The normalized spacial score (nSPS) is 30.9. The van der Waals surface area contributed by atoms with E-state index in [-0.39, 0.29) is 0 Å². The standard InChI is InChI=1S/C20H30O.CH2O/c1-15-3-7-17(8-4-15)18-9-13-20(14-10-18)21-19-11-5-16(2)6-12-19;1-2/h9-10,13-17,19H,3-8,11-12H2,1-2H3;1H2. The predicted molar refractivity (Wildman–Crippen MR) is 96.0 cm³/mol. The molecule has 0 spiro atoms. The third kappa shape index (κ3) is 5.37. The van der Waals surface area contributed by atoms with E-state index in [1.165, 1.54) is 56.9 Å². The molecule has 2 aliphatic carbocycles. The first-order valence-electron chi connectivity index (χ1n) is 9.26. The molecule has 2 saturated carbocycles. The van der Waals surface area contributed by atoms with E-state index >= 15 is 0 Å². The van der Waals surface area contributed by atoms with Crippen LogP contribution < -0.4 is 4.74 Å². The van der Waals surface area contributed by atoms with Gasteiger partial charge in [0.2, 0.25) is 0 Å². The summed E-state index contributed by atoms with van der Waals surface area (Å²) in [6.07, 6.45) is 11.1. The molecule has 128 valence electrons. The van der Waals surface area contributed by atoms with Crippen molar-refractivity contribution in [1.29, 1.82) is 0 Å². The molecule has 0 aliphatic heterocycles. The van der Waals surface area contributed by atoms with Gasteiger partial charge in [-0.25, -0.2) is 0 Å². The van der Waals surface area contributed by atoms with Gasteiger partial charge in [-0.2, -0.15) is 0 Å². The Morgan fingerprint density at radius 1 is 0.783 bits per heavy atom. The molecule has 2 aliphatic rings. The van der Waals surface area contributed by atoms with Crippen molar-refractivity contribution >= 4 is 6.79 Å². The summed E-state index contributed by atoms with van der Waals surface area (Å²) >= 11 is 0. The highest BCUT2D eigenvalue weighted by molar-refractivity contribution is 5.30. The van der Waals surface area contributed by atoms with E-state index in [2.05, 4.69) is 38.1 Å². The molecule has 0 amide bonds. The number of carbonyl (C=O) groups excluding carboxylic acids is 1. The summed E-state index contributed by atoms with van der Waals surface area (Å²) in [4.78, 5) is 8.00. The summed E-state index contributed by atoms with van der Waals surface area (Å²) in [5.74, 6) is 3.67. The molecule has 0 saturated heterocycles. The van der Waals surface area contributed by atoms with E-state index < -0.39 is 0 Å². The van der Waals surface area contributed by atoms with E-state index in [1.54, 1.807) is 0 Å². The Morgan fingerprint density at radius 3 is 1.78 bits per heavy atom. The topological polar surface area (TPSA) is 26.3 Å². The van der Waals surface area contributed by atoms with Crippen molar-refractivity contribution < 1.29 is 9.53 Å². The lowest BCUT2D eigenvalue weighted by atomic mass is 9.79. The lowest BCUT2D eigenvalue weighted by Gasteiger charge is -2.28. The number of hydrogen-bond acceptors (Lipinski definition) is 2. The largest absolute Gasteiger partial charge is 0.490 e. The summed E-state index contributed by atoms with van der Waals surface area (Å²) in [5.41, 5.74) is 1.52. The highest BCUT2D eigenvalue weighted by atomic mass is 16.5. The van der Waals surface area contributed by atoms with Gasteiger partial charge in [-0.05, 0) is 74.0 Å². The van der Waals surface area contributed by atoms with Crippen LogP contribution in [0.2, 0.25) is 0 Å². The summed E-state index contributed by atoms with van der Waals surface area (Å²) in [6, 6.07) is 9.01. The molecule has 0 N–H and O–H groups in total. The fourth-order valence-corrected chi connectivity index (χ4v) is 3.95. The molecule has 0 heterocycles. The lowest BCUT2D eigenvalue weighted by Crippen LogP contribution is -2.23. The van der Waals surface area contributed by atoms with E-state index in [0.29, 0.717) is 6.10 Å². The summed E-state index contributed by atoms with van der Waals surface area (Å²) in [5, 5.41) is 0. The van der Waals surface area contributed by atoms with Crippen LogP contribution >= 0.6 is 0 Å². The molecule has 2 fully saturated rings. The van der Waals surface area contributed by atoms with Crippen LogP contribution in [0.5, 0.6) is 5.75 Å². The minimum atomic E-state index is 0.447. The first kappa shape index (κ1) is 18.0. The fourth-order valence-electron chi connectivity index (χ4n) is 3.95. The van der Waals surface area contributed by atoms with Gasteiger partial charge in [0.25, 0.3) is 0 Å². The van der Waals surface area contributed by atoms with E-state index in [1.807, 2.05) is 6.79 Å². The van der Waals surface area contributed by atoms with Crippen molar-refractivity contribution in [3.05, 3.63) is 29.8 Å². The second-order valence-electron chi connectivity index (χ2n) is 7.53. The minimum absolute atomic E-state index is 0.447. The second kappa shape index (κ2) is 9.10. The third-order valence-corrected chi connectivity index (χ3v) is 5.63. The first-order valence-corrected chi connectivity index (χ1v) is 9.26. The maximum Gasteiger partial charge on any atom is 0.119 e. The molecular formula is C21H32O2. The Kier molecular flexibility index (Phi) is 7.14. The van der Waals surface area contributed by atoms with Crippen molar-refractivity contribution in [1.82, 2.24) is 0 Å². The molecule has 3 rings (SSSR count). The molecule has 1 aromatic rings. The molecule has 0 aromatic heterocycles. The smallest absolute Gasteiger partial charge is 0.119 e. The summed E-state index contributed by atoms with van der Waals surface area (Å²) in [6.45, 7) is 6.74. The number of benzene rings is 1. The minimum Gasteiger partial charge on any atom is -0.490 e. The number of rotatable bonds is 3. The van der Waals surface area contributed by atoms with Crippen LogP contribution in [0.4, 0.5) is 0 Å². The average Bonchev–Trinajstić information content (AvgIpc) is 2.60. The summed E-state index contributed by atoms with van der Waals surface area (Å²) < 4.78 is 6.16. The van der Waals surface area contributed by atoms with Gasteiger partial charge in [-0.3, -0.25) is 0 Å². The van der Waals surface area contributed by atoms with Gasteiger partial charge in [-0.1, -0.05) is 38.8 Å². The van der Waals surface area contributed by atoms with Crippen LogP contribution in [0, 0.1) is 11.8 Å². The highest BCUT2D eigenvalue weighted by Gasteiger charge is 2.21. The molecule has 1 aromatic carbocycles. The van der Waals surface area contributed by atoms with Gasteiger partial charge in [0.15, 0.2) is 0 Å². The quantitative estimate of drug-likeness (QED) is 0.709. The van der Waals surface area contributed by atoms with Crippen LogP contribution in [0.25, 0.3) is 0 Å². The maximum atomic E-state index is 8.00. The number of ether oxygens (including phenoxy) is 1. The van der Waals surface area contributed by atoms with Crippen LogP contribution in [-0.4, -0.2) is 12.9 Å². The Balaban J connectivity index is 0.000000924. The lowest BCUT2D eigenvalue weighted by molar-refractivity contribution is -0.0979. The molecular weight excluding hydrogens is 284 g/mol. The van der Waals surface area contributed by atoms with Gasteiger partial charge in [0, 0.05) is 0 Å². The van der Waals surface area contributed by atoms with Crippen LogP contribution in [-0.2, 0) is 4.79 Å². The van der Waals surface area contributed by atoms with E-state index in [9.17, 15) is 0 Å². The van der Waals surface area contributed by atoms with Crippen molar-refractivity contribution in [3.8, 4) is 5.75 Å². The maximum absolute atomic E-state index is 8.00. The van der Waals surface area contributed by atoms with Gasteiger partial charge in [0.1, 0.15) is 12.5 Å². The molecule has 0 bridgehead atoms. The zero-order valence-corrected chi connectivity index (χ0v) is 14.8. The molecule has 0 atom stereocenters. The fraction of sp³-hybridized carbons (Fsp3) is 0.667. The van der Waals surface area contributed by atoms with Crippen LogP contribution in [0.3, 0.4) is 0 Å². The second-order valence-corrected chi connectivity index (χ2v) is 7.53. The van der Waals surface area contributed by atoms with E-state index in [0.717, 1.165) is 23.5 Å².